The van der Waals surface area contributed by atoms with E-state index in [4.69, 9.17) is 14.1 Å². The molecule has 2 aliphatic rings. The van der Waals surface area contributed by atoms with E-state index in [2.05, 4.69) is 65.3 Å². The zero-order valence-electron chi connectivity index (χ0n) is 23.9. The van der Waals surface area contributed by atoms with Gasteiger partial charge in [0.15, 0.2) is 5.78 Å². The Morgan fingerprint density at radius 1 is 1.00 bits per heavy atom. The van der Waals surface area contributed by atoms with Gasteiger partial charge in [-0.3, -0.25) is 4.79 Å². The number of nitrogens with one attached hydrogen (secondary N) is 1. The van der Waals surface area contributed by atoms with Gasteiger partial charge in [0.25, 0.3) is 0 Å². The predicted octanol–water partition coefficient (Wildman–Crippen LogP) is 7.06. The third-order valence-corrected chi connectivity index (χ3v) is 9.01. The van der Waals surface area contributed by atoms with Gasteiger partial charge in [0.05, 0.1) is 12.1 Å². The first-order valence-electron chi connectivity index (χ1n) is 14.6. The molecule has 0 saturated carbocycles. The minimum atomic E-state index is -0.617. The van der Waals surface area contributed by atoms with Crippen molar-refractivity contribution in [1.82, 2.24) is 14.9 Å². The van der Waals surface area contributed by atoms with Crippen molar-refractivity contribution in [2.24, 2.45) is 0 Å². The van der Waals surface area contributed by atoms with Gasteiger partial charge >= 0.3 is 0 Å². The summed E-state index contributed by atoms with van der Waals surface area (Å²) in [5.74, 6) is 1.42. The molecular weight excluding hydrogens is 510 g/mol. The quantitative estimate of drug-likeness (QED) is 0.231. The van der Waals surface area contributed by atoms with Crippen LogP contribution < -0.4 is 5.32 Å². The molecule has 1 fully saturated rings. The Hall–Kier alpha value is -4.00. The second-order valence-electron chi connectivity index (χ2n) is 11.3. The number of aromatic nitrogens is 2. The first-order chi connectivity index (χ1) is 20.0. The van der Waals surface area contributed by atoms with E-state index in [1.165, 1.54) is 11.1 Å². The molecule has 2 aromatic heterocycles. The number of piperidine rings is 1. The van der Waals surface area contributed by atoms with Crippen molar-refractivity contribution in [3.05, 3.63) is 112 Å². The molecule has 3 aromatic carbocycles. The number of carbonyl (C=O) groups is 1. The highest BCUT2D eigenvalue weighted by Gasteiger charge is 2.48. The van der Waals surface area contributed by atoms with Crippen LogP contribution in [-0.2, 0) is 23.3 Å². The van der Waals surface area contributed by atoms with Gasteiger partial charge in [-0.05, 0) is 81.1 Å². The monoisotopic (exact) mass is 545 g/mol. The fourth-order valence-corrected chi connectivity index (χ4v) is 6.71. The third kappa shape index (κ3) is 4.25. The van der Waals surface area contributed by atoms with E-state index in [0.29, 0.717) is 12.4 Å². The minimum absolute atomic E-state index is 0.0221. The highest BCUT2D eigenvalue weighted by atomic mass is 16.5. The number of para-hydroxylation sites is 1. The molecule has 4 heterocycles. The first-order valence-corrected chi connectivity index (χ1v) is 14.6. The number of hydrogen-bond acceptors (Lipinski definition) is 5. The van der Waals surface area contributed by atoms with Gasteiger partial charge in [0, 0.05) is 27.7 Å². The maximum atomic E-state index is 14.5. The number of benzene rings is 3. The van der Waals surface area contributed by atoms with Crippen LogP contribution in [0, 0.1) is 13.8 Å². The molecule has 41 heavy (non-hydrogen) atoms. The summed E-state index contributed by atoms with van der Waals surface area (Å²) in [5.41, 5.74) is 7.52. The number of nitrogens with zero attached hydrogens (tertiary/aromatic N) is 2. The summed E-state index contributed by atoms with van der Waals surface area (Å²) < 4.78 is 15.1. The number of ketones is 1. The van der Waals surface area contributed by atoms with E-state index < -0.39 is 11.7 Å². The molecule has 2 aliphatic heterocycles. The number of rotatable bonds is 6. The fourth-order valence-electron chi connectivity index (χ4n) is 6.71. The molecule has 1 atom stereocenters. The minimum Gasteiger partial charge on any atom is -0.441 e. The summed E-state index contributed by atoms with van der Waals surface area (Å²) >= 11 is 0. The number of aryl methyl sites for hydroxylation is 2. The molecule has 0 amide bonds. The van der Waals surface area contributed by atoms with E-state index in [1.54, 1.807) is 0 Å². The summed E-state index contributed by atoms with van der Waals surface area (Å²) in [6.45, 7) is 8.42. The van der Waals surface area contributed by atoms with Gasteiger partial charge in [-0.25, -0.2) is 4.98 Å². The van der Waals surface area contributed by atoms with Crippen molar-refractivity contribution in [1.29, 1.82) is 0 Å². The topological polar surface area (TPSA) is 69.3 Å². The van der Waals surface area contributed by atoms with Gasteiger partial charge in [-0.1, -0.05) is 61.5 Å². The Kier molecular flexibility index (Phi) is 6.40. The summed E-state index contributed by atoms with van der Waals surface area (Å²) in [7, 11) is 0. The first kappa shape index (κ1) is 25.9. The van der Waals surface area contributed by atoms with Crippen molar-refractivity contribution in [2.75, 3.05) is 13.1 Å². The van der Waals surface area contributed by atoms with Crippen LogP contribution in [-0.4, -0.2) is 28.4 Å². The van der Waals surface area contributed by atoms with Crippen LogP contribution in [0.2, 0.25) is 0 Å². The lowest BCUT2D eigenvalue weighted by molar-refractivity contribution is -0.0806. The lowest BCUT2D eigenvalue weighted by Gasteiger charge is -2.34. The van der Waals surface area contributed by atoms with Crippen LogP contribution in [0.15, 0.2) is 77.2 Å². The third-order valence-electron chi connectivity index (χ3n) is 9.01. The number of Topliss-reactive ketones (excluding diaryl/α,β-unsaturated/α-hetero) is 1. The zero-order valence-corrected chi connectivity index (χ0v) is 23.9. The molecule has 0 unspecified atom stereocenters. The predicted molar refractivity (Wildman–Crippen MR) is 160 cm³/mol. The van der Waals surface area contributed by atoms with Crippen molar-refractivity contribution < 1.29 is 13.9 Å². The Bertz CT molecular complexity index is 1760. The lowest BCUT2D eigenvalue weighted by Crippen LogP contribution is -2.40. The van der Waals surface area contributed by atoms with Crippen molar-refractivity contribution in [3.8, 4) is 11.5 Å². The van der Waals surface area contributed by atoms with Crippen molar-refractivity contribution >= 4 is 16.7 Å². The molecule has 0 radical (unpaired) electrons. The maximum absolute atomic E-state index is 14.5. The van der Waals surface area contributed by atoms with E-state index in [0.717, 1.165) is 77.1 Å². The van der Waals surface area contributed by atoms with E-state index in [9.17, 15) is 4.79 Å². The van der Waals surface area contributed by atoms with E-state index >= 15 is 0 Å². The summed E-state index contributed by atoms with van der Waals surface area (Å²) in [6, 6.07) is 24.8. The number of carbonyl (C=O) groups excluding carboxylic acids is 1. The van der Waals surface area contributed by atoms with Crippen LogP contribution in [0.1, 0.15) is 70.1 Å². The van der Waals surface area contributed by atoms with E-state index in [1.807, 2.05) is 38.1 Å². The fraction of sp³-hybridized carbons (Fsp3) is 0.314. The van der Waals surface area contributed by atoms with Crippen LogP contribution in [0.5, 0.6) is 0 Å². The molecule has 1 N–H and O–H groups in total. The smallest absolute Gasteiger partial charge is 0.226 e. The van der Waals surface area contributed by atoms with E-state index in [-0.39, 0.29) is 5.78 Å². The molecule has 7 rings (SSSR count). The van der Waals surface area contributed by atoms with Crippen molar-refractivity contribution in [2.45, 2.75) is 58.3 Å². The number of oxazole rings is 1. The second-order valence-corrected chi connectivity index (χ2v) is 11.3. The normalized spacial score (nSPS) is 17.8. The Balaban J connectivity index is 1.26. The zero-order chi connectivity index (χ0) is 28.1. The standard InChI is InChI=1S/C35H35N3O3/c1-4-24-13-15-25(16-14-24)34-37-29(23(3)40-34)21-38-22(2)31(27-10-6-8-12-30(27)38)32(39)33-26-9-5-7-11-28(26)35(41-33)17-19-36-20-18-35/h5-16,33,36H,4,17-21H2,1-3H3/t33-/m1/s1. The van der Waals surface area contributed by atoms with Gasteiger partial charge in [0.1, 0.15) is 17.6 Å². The van der Waals surface area contributed by atoms with Crippen molar-refractivity contribution in [3.63, 3.8) is 0 Å². The van der Waals surface area contributed by atoms with Gasteiger partial charge in [-0.15, -0.1) is 0 Å². The molecule has 6 nitrogen and oxygen atoms in total. The molecule has 1 saturated heterocycles. The molecule has 0 aliphatic carbocycles. The summed E-state index contributed by atoms with van der Waals surface area (Å²) in [4.78, 5) is 19.4. The van der Waals surface area contributed by atoms with Crippen LogP contribution in [0.3, 0.4) is 0 Å². The average molecular weight is 546 g/mol. The maximum Gasteiger partial charge on any atom is 0.226 e. The molecule has 208 valence electrons. The average Bonchev–Trinajstić information content (AvgIpc) is 3.63. The molecule has 0 bridgehead atoms. The highest BCUT2D eigenvalue weighted by Crippen LogP contribution is 2.50. The largest absolute Gasteiger partial charge is 0.441 e. The Morgan fingerprint density at radius 2 is 1.73 bits per heavy atom. The summed E-state index contributed by atoms with van der Waals surface area (Å²) in [5, 5.41) is 4.39. The highest BCUT2D eigenvalue weighted by molar-refractivity contribution is 6.12. The molecule has 6 heteroatoms. The SMILES string of the molecule is CCc1ccc(-c2nc(Cn3c(C)c(C(=O)[C@@H]4OC5(CCNCC5)c5ccccc54)c4ccccc43)c(C)o2)cc1. The number of fused-ring (bicyclic) bond motifs is 3. The number of hydrogen-bond donors (Lipinski definition) is 1. The summed E-state index contributed by atoms with van der Waals surface area (Å²) in [6.07, 6.45) is 2.11. The van der Waals surface area contributed by atoms with Gasteiger partial charge in [0.2, 0.25) is 5.89 Å². The van der Waals surface area contributed by atoms with Crippen LogP contribution in [0.25, 0.3) is 22.4 Å². The molecule has 1 spiro atoms. The lowest BCUT2D eigenvalue weighted by atomic mass is 9.83. The van der Waals surface area contributed by atoms with Gasteiger partial charge < -0.3 is 19.0 Å². The Morgan fingerprint density at radius 3 is 2.51 bits per heavy atom. The van der Waals surface area contributed by atoms with Crippen LogP contribution >= 0.6 is 0 Å². The van der Waals surface area contributed by atoms with Gasteiger partial charge in [-0.2, -0.15) is 0 Å². The number of ether oxygens (including phenoxy) is 1. The van der Waals surface area contributed by atoms with Crippen LogP contribution in [0.4, 0.5) is 0 Å². The molecule has 5 aromatic rings. The molecular formula is C35H35N3O3. The Labute approximate surface area is 240 Å². The second kappa shape index (κ2) is 10.1.